The number of carbonyl (C=O) groups is 3. The van der Waals surface area contributed by atoms with E-state index in [-0.39, 0.29) is 27.5 Å². The molecule has 1 N–H and O–H groups in total. The number of imide groups is 1. The monoisotopic (exact) mass is 302 g/mol. The maximum Gasteiger partial charge on any atom is 0.335 e. The van der Waals surface area contributed by atoms with Crippen LogP contribution in [0.1, 0.15) is 31.2 Å². The number of hydrogen-bond acceptors (Lipinski definition) is 4. The maximum absolute atomic E-state index is 12.3. The molecule has 2 aromatic rings. The number of aromatic nitrogens is 1. The van der Waals surface area contributed by atoms with E-state index < -0.39 is 17.8 Å². The predicted molar refractivity (Wildman–Crippen MR) is 73.8 cm³/mol. The summed E-state index contributed by atoms with van der Waals surface area (Å²) in [5.74, 6) is -2.38. The molecule has 0 radical (unpaired) electrons. The summed E-state index contributed by atoms with van der Waals surface area (Å²) in [6.45, 7) is 0. The summed E-state index contributed by atoms with van der Waals surface area (Å²) in [7, 11) is 0. The van der Waals surface area contributed by atoms with Gasteiger partial charge in [0, 0.05) is 6.20 Å². The number of carboxylic acids is 1. The van der Waals surface area contributed by atoms with Crippen molar-refractivity contribution in [3.63, 3.8) is 0 Å². The van der Waals surface area contributed by atoms with Gasteiger partial charge in [0.05, 0.1) is 21.8 Å². The summed E-state index contributed by atoms with van der Waals surface area (Å²) in [5.41, 5.74) is 0.155. The van der Waals surface area contributed by atoms with Crippen molar-refractivity contribution in [2.24, 2.45) is 0 Å². The van der Waals surface area contributed by atoms with Crippen LogP contribution in [0.4, 0.5) is 5.69 Å². The lowest BCUT2D eigenvalue weighted by Gasteiger charge is -2.15. The summed E-state index contributed by atoms with van der Waals surface area (Å²) < 4.78 is 0. The highest BCUT2D eigenvalue weighted by molar-refractivity contribution is 6.39. The minimum Gasteiger partial charge on any atom is -0.478 e. The highest BCUT2D eigenvalue weighted by atomic mass is 35.5. The Labute approximate surface area is 123 Å². The number of aromatic carboxylic acids is 1. The Hall–Kier alpha value is -2.73. The van der Waals surface area contributed by atoms with Gasteiger partial charge in [-0.05, 0) is 30.3 Å². The average molecular weight is 303 g/mol. The van der Waals surface area contributed by atoms with Gasteiger partial charge in [0.15, 0.2) is 0 Å². The van der Waals surface area contributed by atoms with E-state index in [4.69, 9.17) is 16.7 Å². The second-order valence-electron chi connectivity index (χ2n) is 4.32. The van der Waals surface area contributed by atoms with Gasteiger partial charge >= 0.3 is 5.97 Å². The van der Waals surface area contributed by atoms with E-state index in [1.54, 1.807) is 6.07 Å². The van der Waals surface area contributed by atoms with E-state index in [2.05, 4.69) is 4.98 Å². The van der Waals surface area contributed by atoms with E-state index in [0.29, 0.717) is 0 Å². The zero-order valence-corrected chi connectivity index (χ0v) is 11.2. The van der Waals surface area contributed by atoms with Crippen molar-refractivity contribution in [1.29, 1.82) is 0 Å². The fourth-order valence-corrected chi connectivity index (χ4v) is 2.30. The molecule has 0 saturated carbocycles. The summed E-state index contributed by atoms with van der Waals surface area (Å²) in [4.78, 5) is 40.3. The molecule has 1 aromatic heterocycles. The Morgan fingerprint density at radius 1 is 1.19 bits per heavy atom. The van der Waals surface area contributed by atoms with Crippen molar-refractivity contribution in [2.45, 2.75) is 0 Å². The second-order valence-corrected chi connectivity index (χ2v) is 4.72. The lowest BCUT2D eigenvalue weighted by molar-refractivity contribution is 0.0695. The van der Waals surface area contributed by atoms with E-state index in [1.165, 1.54) is 30.5 Å². The molecule has 0 fully saturated rings. The number of hydrogen-bond donors (Lipinski definition) is 1. The number of carbonyl (C=O) groups excluding carboxylic acids is 2. The van der Waals surface area contributed by atoms with Crippen LogP contribution in [0.2, 0.25) is 5.02 Å². The van der Waals surface area contributed by atoms with Gasteiger partial charge in [0.2, 0.25) is 0 Å². The number of benzene rings is 1. The molecule has 21 heavy (non-hydrogen) atoms. The Bertz CT molecular complexity index is 768. The molecule has 0 bridgehead atoms. The molecule has 2 amide bonds. The van der Waals surface area contributed by atoms with Crippen molar-refractivity contribution >= 4 is 35.1 Å². The van der Waals surface area contributed by atoms with E-state index in [0.717, 1.165) is 4.90 Å². The van der Waals surface area contributed by atoms with Crippen molar-refractivity contribution in [3.05, 3.63) is 58.4 Å². The van der Waals surface area contributed by atoms with E-state index >= 15 is 0 Å². The number of amides is 2. The van der Waals surface area contributed by atoms with Crippen molar-refractivity contribution in [3.8, 4) is 0 Å². The number of fused-ring (bicyclic) bond motifs is 1. The standard InChI is InChI=1S/C14H7ClN2O4/c15-9-4-3-7(14(20)21)6-10(9)17-12(18)8-2-1-5-16-11(8)13(17)19/h1-6H,(H,20,21). The van der Waals surface area contributed by atoms with Gasteiger partial charge in [-0.15, -0.1) is 0 Å². The van der Waals surface area contributed by atoms with E-state index in [1.807, 2.05) is 0 Å². The molecule has 7 heteroatoms. The number of pyridine rings is 1. The first kappa shape index (κ1) is 13.3. The highest BCUT2D eigenvalue weighted by Gasteiger charge is 2.38. The topological polar surface area (TPSA) is 87.6 Å². The fourth-order valence-electron chi connectivity index (χ4n) is 2.10. The molecule has 1 aliphatic rings. The summed E-state index contributed by atoms with van der Waals surface area (Å²) >= 11 is 5.99. The first-order valence-corrected chi connectivity index (χ1v) is 6.25. The molecule has 0 spiro atoms. The molecule has 0 unspecified atom stereocenters. The number of carboxylic acid groups (broad SMARTS) is 1. The Morgan fingerprint density at radius 3 is 2.62 bits per heavy atom. The Kier molecular flexibility index (Phi) is 2.95. The van der Waals surface area contributed by atoms with Crippen LogP contribution in [0.15, 0.2) is 36.5 Å². The van der Waals surface area contributed by atoms with Crippen LogP contribution in [-0.2, 0) is 0 Å². The van der Waals surface area contributed by atoms with Gasteiger partial charge in [-0.2, -0.15) is 0 Å². The van der Waals surface area contributed by atoms with Crippen molar-refractivity contribution < 1.29 is 19.5 Å². The quantitative estimate of drug-likeness (QED) is 0.860. The number of anilines is 1. The molecular weight excluding hydrogens is 296 g/mol. The molecule has 104 valence electrons. The normalized spacial score (nSPS) is 13.5. The third kappa shape index (κ3) is 1.96. The smallest absolute Gasteiger partial charge is 0.335 e. The van der Waals surface area contributed by atoms with Crippen LogP contribution in [0.5, 0.6) is 0 Å². The average Bonchev–Trinajstić information content (AvgIpc) is 2.72. The molecule has 0 saturated heterocycles. The second kappa shape index (κ2) is 4.68. The first-order valence-electron chi connectivity index (χ1n) is 5.87. The van der Waals surface area contributed by atoms with Crippen LogP contribution < -0.4 is 4.90 Å². The van der Waals surface area contributed by atoms with Crippen LogP contribution >= 0.6 is 11.6 Å². The van der Waals surface area contributed by atoms with Crippen molar-refractivity contribution in [1.82, 2.24) is 4.98 Å². The largest absolute Gasteiger partial charge is 0.478 e. The van der Waals surface area contributed by atoms with Gasteiger partial charge in [0.25, 0.3) is 11.8 Å². The van der Waals surface area contributed by atoms with Crippen LogP contribution in [0.25, 0.3) is 0 Å². The van der Waals surface area contributed by atoms with Crippen LogP contribution in [0.3, 0.4) is 0 Å². The third-order valence-corrected chi connectivity index (χ3v) is 3.40. The predicted octanol–water partition coefficient (Wildman–Crippen LogP) is 2.23. The van der Waals surface area contributed by atoms with Crippen LogP contribution in [-0.4, -0.2) is 27.9 Å². The molecule has 1 aliphatic heterocycles. The fraction of sp³-hybridized carbons (Fsp3) is 0. The molecule has 0 aliphatic carbocycles. The third-order valence-electron chi connectivity index (χ3n) is 3.08. The minimum atomic E-state index is -1.18. The number of nitrogens with zero attached hydrogens (tertiary/aromatic N) is 2. The SMILES string of the molecule is O=C(O)c1ccc(Cl)c(N2C(=O)c3cccnc3C2=O)c1. The van der Waals surface area contributed by atoms with Gasteiger partial charge in [-0.1, -0.05) is 11.6 Å². The summed E-state index contributed by atoms with van der Waals surface area (Å²) in [6, 6.07) is 6.84. The molecule has 6 nitrogen and oxygen atoms in total. The minimum absolute atomic E-state index is 0.0271. The van der Waals surface area contributed by atoms with Gasteiger partial charge in [-0.3, -0.25) is 14.6 Å². The lowest BCUT2D eigenvalue weighted by Crippen LogP contribution is -2.30. The molecule has 1 aromatic carbocycles. The Balaban J connectivity index is 2.15. The molecular formula is C14H7ClN2O4. The zero-order valence-electron chi connectivity index (χ0n) is 10.4. The Morgan fingerprint density at radius 2 is 1.95 bits per heavy atom. The maximum atomic E-state index is 12.3. The zero-order chi connectivity index (χ0) is 15.1. The van der Waals surface area contributed by atoms with Crippen molar-refractivity contribution in [2.75, 3.05) is 4.90 Å². The molecule has 3 rings (SSSR count). The number of halogens is 1. The summed E-state index contributed by atoms with van der Waals surface area (Å²) in [5, 5.41) is 9.11. The first-order chi connectivity index (χ1) is 10.0. The molecule has 0 atom stereocenters. The number of rotatable bonds is 2. The van der Waals surface area contributed by atoms with Crippen LogP contribution in [0, 0.1) is 0 Å². The van der Waals surface area contributed by atoms with Gasteiger partial charge in [-0.25, -0.2) is 9.69 Å². The highest BCUT2D eigenvalue weighted by Crippen LogP contribution is 2.33. The van der Waals surface area contributed by atoms with Gasteiger partial charge < -0.3 is 5.11 Å². The summed E-state index contributed by atoms with van der Waals surface area (Å²) in [6.07, 6.45) is 1.41. The molecule has 2 heterocycles. The lowest BCUT2D eigenvalue weighted by atomic mass is 10.2. The van der Waals surface area contributed by atoms with Gasteiger partial charge in [0.1, 0.15) is 5.69 Å². The van der Waals surface area contributed by atoms with E-state index in [9.17, 15) is 14.4 Å².